The van der Waals surface area contributed by atoms with Gasteiger partial charge in [-0.05, 0) is 57.6 Å². The van der Waals surface area contributed by atoms with E-state index in [-0.39, 0.29) is 0 Å². The molecule has 4 heteroatoms. The number of fused-ring (bicyclic) bond motifs is 1. The number of halogens is 2. The van der Waals surface area contributed by atoms with Crippen molar-refractivity contribution in [3.8, 4) is 0 Å². The normalized spacial score (nSPS) is 10.9. The molecule has 0 unspecified atom stereocenters. The zero-order valence-corrected chi connectivity index (χ0v) is 10.1. The van der Waals surface area contributed by atoms with E-state index in [0.717, 1.165) is 15.7 Å². The first kappa shape index (κ1) is 8.50. The molecule has 0 aliphatic rings. The van der Waals surface area contributed by atoms with E-state index in [1.807, 2.05) is 6.92 Å². The number of nitrogens with zero attached hydrogens (tertiary/aromatic N) is 1. The van der Waals surface area contributed by atoms with Crippen molar-refractivity contribution < 1.29 is 0 Å². The zero-order valence-electron chi connectivity index (χ0n) is 6.36. The molecular formula is C8H6BrIN2. The quantitative estimate of drug-likeness (QED) is 0.735. The third-order valence-electron chi connectivity index (χ3n) is 1.79. The number of benzene rings is 1. The molecule has 62 valence electrons. The molecule has 1 aromatic heterocycles. The van der Waals surface area contributed by atoms with E-state index in [1.165, 1.54) is 8.96 Å². The van der Waals surface area contributed by atoms with Gasteiger partial charge in [-0.2, -0.15) is 5.10 Å². The summed E-state index contributed by atoms with van der Waals surface area (Å²) < 4.78 is 2.31. The molecule has 0 radical (unpaired) electrons. The van der Waals surface area contributed by atoms with Gasteiger partial charge in [0, 0.05) is 19.1 Å². The number of aromatic nitrogens is 2. The van der Waals surface area contributed by atoms with Gasteiger partial charge in [-0.25, -0.2) is 0 Å². The van der Waals surface area contributed by atoms with Crippen molar-refractivity contribution in [2.45, 2.75) is 6.92 Å². The van der Waals surface area contributed by atoms with Crippen LogP contribution >= 0.6 is 38.5 Å². The third-order valence-corrected chi connectivity index (χ3v) is 4.08. The summed E-state index contributed by atoms with van der Waals surface area (Å²) in [6, 6.07) is 4.15. The standard InChI is InChI=1S/C8H6BrIN2/c1-4-5-2-6(9)7(10)3-8(5)12-11-4/h2-3H,1H3,(H,11,12). The second kappa shape index (κ2) is 2.99. The van der Waals surface area contributed by atoms with Crippen molar-refractivity contribution in [3.63, 3.8) is 0 Å². The van der Waals surface area contributed by atoms with Crippen molar-refractivity contribution in [2.24, 2.45) is 0 Å². The van der Waals surface area contributed by atoms with E-state index in [9.17, 15) is 0 Å². The Kier molecular flexibility index (Phi) is 2.12. The minimum absolute atomic E-state index is 1.03. The third kappa shape index (κ3) is 1.26. The topological polar surface area (TPSA) is 28.7 Å². The minimum Gasteiger partial charge on any atom is -0.282 e. The molecular weight excluding hydrogens is 331 g/mol. The molecule has 0 fully saturated rings. The number of hydrogen-bond donors (Lipinski definition) is 1. The van der Waals surface area contributed by atoms with Crippen LogP contribution in [0.4, 0.5) is 0 Å². The van der Waals surface area contributed by atoms with Crippen LogP contribution in [0.5, 0.6) is 0 Å². The van der Waals surface area contributed by atoms with Gasteiger partial charge in [-0.3, -0.25) is 5.10 Å². The first-order valence-electron chi connectivity index (χ1n) is 3.48. The van der Waals surface area contributed by atoms with E-state index in [0.29, 0.717) is 0 Å². The van der Waals surface area contributed by atoms with E-state index < -0.39 is 0 Å². The highest BCUT2D eigenvalue weighted by molar-refractivity contribution is 14.1. The Labute approximate surface area is 92.0 Å². The van der Waals surface area contributed by atoms with Crippen molar-refractivity contribution in [1.82, 2.24) is 10.2 Å². The van der Waals surface area contributed by atoms with Gasteiger partial charge in [0.2, 0.25) is 0 Å². The SMILES string of the molecule is Cc1[nH]nc2cc(I)c(Br)cc12. The maximum absolute atomic E-state index is 4.17. The van der Waals surface area contributed by atoms with Gasteiger partial charge in [0.25, 0.3) is 0 Å². The maximum Gasteiger partial charge on any atom is 0.0934 e. The molecule has 0 aliphatic carbocycles. The van der Waals surface area contributed by atoms with Crippen LogP contribution in [0.1, 0.15) is 5.69 Å². The molecule has 0 aliphatic heterocycles. The first-order chi connectivity index (χ1) is 5.68. The number of H-pyrrole nitrogens is 1. The Morgan fingerprint density at radius 2 is 2.25 bits per heavy atom. The zero-order chi connectivity index (χ0) is 8.72. The van der Waals surface area contributed by atoms with E-state index >= 15 is 0 Å². The summed E-state index contributed by atoms with van der Waals surface area (Å²) in [6.45, 7) is 2.02. The Hall–Kier alpha value is -0.100. The van der Waals surface area contributed by atoms with E-state index in [1.54, 1.807) is 0 Å². The Bertz CT molecular complexity index is 436. The summed E-state index contributed by atoms with van der Waals surface area (Å²) in [5, 5.41) is 8.31. The summed E-state index contributed by atoms with van der Waals surface area (Å²) in [5.74, 6) is 0. The fraction of sp³-hybridized carbons (Fsp3) is 0.125. The number of aromatic amines is 1. The predicted molar refractivity (Wildman–Crippen MR) is 61.2 cm³/mol. The molecule has 0 atom stereocenters. The summed E-state index contributed by atoms with van der Waals surface area (Å²) in [6.07, 6.45) is 0. The second-order valence-electron chi connectivity index (χ2n) is 2.63. The van der Waals surface area contributed by atoms with Gasteiger partial charge < -0.3 is 0 Å². The number of aryl methyl sites for hydroxylation is 1. The van der Waals surface area contributed by atoms with Gasteiger partial charge in [0.1, 0.15) is 0 Å². The molecule has 1 N–H and O–H groups in total. The molecule has 2 rings (SSSR count). The molecule has 2 nitrogen and oxygen atoms in total. The molecule has 1 heterocycles. The Morgan fingerprint density at radius 3 is 3.00 bits per heavy atom. The predicted octanol–water partition coefficient (Wildman–Crippen LogP) is 3.24. The lowest BCUT2D eigenvalue weighted by Crippen LogP contribution is -1.75. The van der Waals surface area contributed by atoms with Crippen LogP contribution in [0, 0.1) is 10.5 Å². The van der Waals surface area contributed by atoms with Gasteiger partial charge in [-0.1, -0.05) is 0 Å². The van der Waals surface area contributed by atoms with Crippen molar-refractivity contribution in [2.75, 3.05) is 0 Å². The molecule has 0 saturated carbocycles. The average Bonchev–Trinajstić information content (AvgIpc) is 2.35. The first-order valence-corrected chi connectivity index (χ1v) is 5.35. The molecule has 12 heavy (non-hydrogen) atoms. The summed E-state index contributed by atoms with van der Waals surface area (Å²) in [7, 11) is 0. The number of nitrogens with one attached hydrogen (secondary N) is 1. The van der Waals surface area contributed by atoms with Gasteiger partial charge in [0.05, 0.1) is 5.52 Å². The van der Waals surface area contributed by atoms with Crippen LogP contribution < -0.4 is 0 Å². The average molecular weight is 337 g/mol. The highest BCUT2D eigenvalue weighted by Crippen LogP contribution is 2.25. The van der Waals surface area contributed by atoms with Crippen LogP contribution in [0.25, 0.3) is 10.9 Å². The maximum atomic E-state index is 4.17. The van der Waals surface area contributed by atoms with Gasteiger partial charge in [-0.15, -0.1) is 0 Å². The van der Waals surface area contributed by atoms with Crippen LogP contribution in [-0.4, -0.2) is 10.2 Å². The Morgan fingerprint density at radius 1 is 1.50 bits per heavy atom. The van der Waals surface area contributed by atoms with Gasteiger partial charge >= 0.3 is 0 Å². The number of rotatable bonds is 0. The fourth-order valence-electron chi connectivity index (χ4n) is 1.13. The number of hydrogen-bond acceptors (Lipinski definition) is 1. The Balaban J connectivity index is 2.87. The summed E-state index contributed by atoms with van der Waals surface area (Å²) in [5.41, 5.74) is 2.14. The molecule has 0 saturated heterocycles. The lowest BCUT2D eigenvalue weighted by molar-refractivity contribution is 1.07. The summed E-state index contributed by atoms with van der Waals surface area (Å²) in [4.78, 5) is 0. The van der Waals surface area contributed by atoms with E-state index in [2.05, 4.69) is 60.9 Å². The van der Waals surface area contributed by atoms with Gasteiger partial charge in [0.15, 0.2) is 0 Å². The smallest absolute Gasteiger partial charge is 0.0934 e. The largest absolute Gasteiger partial charge is 0.282 e. The highest BCUT2D eigenvalue weighted by atomic mass is 127. The van der Waals surface area contributed by atoms with Crippen LogP contribution in [-0.2, 0) is 0 Å². The van der Waals surface area contributed by atoms with E-state index in [4.69, 9.17) is 0 Å². The minimum atomic E-state index is 1.03. The highest BCUT2D eigenvalue weighted by Gasteiger charge is 2.04. The van der Waals surface area contributed by atoms with Crippen molar-refractivity contribution in [3.05, 3.63) is 25.9 Å². The lowest BCUT2D eigenvalue weighted by atomic mass is 10.2. The molecule has 2 aromatic rings. The fourth-order valence-corrected chi connectivity index (χ4v) is 1.93. The van der Waals surface area contributed by atoms with Crippen molar-refractivity contribution >= 4 is 49.4 Å². The molecule has 0 spiro atoms. The molecule has 1 aromatic carbocycles. The molecule has 0 bridgehead atoms. The van der Waals surface area contributed by atoms with Crippen LogP contribution in [0.3, 0.4) is 0 Å². The monoisotopic (exact) mass is 336 g/mol. The summed E-state index contributed by atoms with van der Waals surface area (Å²) >= 11 is 5.77. The van der Waals surface area contributed by atoms with Crippen molar-refractivity contribution in [1.29, 1.82) is 0 Å². The second-order valence-corrected chi connectivity index (χ2v) is 4.65. The van der Waals surface area contributed by atoms with Crippen LogP contribution in [0.2, 0.25) is 0 Å². The molecule has 0 amide bonds. The van der Waals surface area contributed by atoms with Crippen LogP contribution in [0.15, 0.2) is 16.6 Å². The lowest BCUT2D eigenvalue weighted by Gasteiger charge is -1.95.